The third-order valence-electron chi connectivity index (χ3n) is 33.7. The second kappa shape index (κ2) is 50.6. The van der Waals surface area contributed by atoms with Crippen molar-refractivity contribution in [2.75, 3.05) is 67.1 Å². The van der Waals surface area contributed by atoms with E-state index in [9.17, 15) is 57.5 Å². The van der Waals surface area contributed by atoms with Crippen molar-refractivity contribution >= 4 is 71.6 Å². The predicted molar refractivity (Wildman–Crippen MR) is 514 cm³/mol. The molecule has 38 unspecified atom stereocenters. The second-order valence-electron chi connectivity index (χ2n) is 40.8. The first kappa shape index (κ1) is 125. The number of ether oxygens (including phenoxy) is 16. The van der Waals surface area contributed by atoms with Gasteiger partial charge in [-0.3, -0.25) is 57.5 Å². The fraction of sp³-hybridized carbons (Fsp3) is 0.887. The summed E-state index contributed by atoms with van der Waals surface area (Å²) < 4.78 is 88.7. The van der Waals surface area contributed by atoms with E-state index in [4.69, 9.17) is 75.8 Å². The first-order chi connectivity index (χ1) is 57.9. The van der Waals surface area contributed by atoms with Gasteiger partial charge in [-0.1, -0.05) is 158 Å². The van der Waals surface area contributed by atoms with Crippen molar-refractivity contribution in [1.29, 1.82) is 0 Å². The average Bonchev–Trinajstić information content (AvgIpc) is 1.56. The molecule has 6 heterocycles. The lowest BCUT2D eigenvalue weighted by Gasteiger charge is -2.36. The minimum atomic E-state index is -0.486. The van der Waals surface area contributed by atoms with E-state index < -0.39 is 16.2 Å². The Labute approximate surface area is 808 Å². The highest BCUT2D eigenvalue weighted by Gasteiger charge is 2.71. The largest absolute Gasteiger partial charge is 0.465 e. The molecule has 12 bridgehead atoms. The molecule has 38 atom stereocenters. The van der Waals surface area contributed by atoms with Crippen LogP contribution < -0.4 is 0 Å². The molecule has 0 N–H and O–H groups in total. The molecule has 18 fully saturated rings. The SMILES string of the molecule is C.C.C.C.C.C.C.C.C.C.C.C.CCC(C)(C)C(=O)OC1C2CC(C1OC)C1C(=O)OCC21.CCC(C)(C)C(=O)OC1CC2CC1C1C(=O)OCC21.CCC(C)C(=O)OC1C(C)C2CC1C1COC(=O)C21.CCC(C)C(=O)OC1C2CC(C1OC)C1C(=O)OCC21.CCOC1C2CC(C3COC(=O)C32)C1OC(=O)C(C)(C)CC.CCOC1C2CC(C3COC(=O)C32)C1OC(=O)C(C)CC. The van der Waals surface area contributed by atoms with E-state index >= 15 is 0 Å². The second-order valence-corrected chi connectivity index (χ2v) is 40.8. The van der Waals surface area contributed by atoms with Crippen LogP contribution in [0.25, 0.3) is 0 Å². The highest BCUT2D eigenvalue weighted by Crippen LogP contribution is 2.64. The van der Waals surface area contributed by atoms with Crippen LogP contribution in [0.5, 0.6) is 0 Å². The van der Waals surface area contributed by atoms with Crippen LogP contribution >= 0.6 is 0 Å². The molecule has 28 nitrogen and oxygen atoms in total. The zero-order chi connectivity index (χ0) is 88.5. The van der Waals surface area contributed by atoms with Gasteiger partial charge < -0.3 is 75.8 Å². The fourth-order valence-electron chi connectivity index (χ4n) is 24.9. The Balaban J connectivity index is 0.000000790. The van der Waals surface area contributed by atoms with Gasteiger partial charge in [0.05, 0.1) is 134 Å². The smallest absolute Gasteiger partial charge is 0.311 e. The lowest BCUT2D eigenvalue weighted by atomic mass is 9.74. The number of carbonyl (C=O) groups is 12. The number of hydrogen-bond donors (Lipinski definition) is 0. The van der Waals surface area contributed by atoms with E-state index in [2.05, 4.69) is 6.92 Å². The number of rotatable bonds is 24. The monoisotopic (exact) mass is 1910 g/mol. The third-order valence-corrected chi connectivity index (χ3v) is 33.7. The Hall–Kier alpha value is -6.52. The van der Waals surface area contributed by atoms with Crippen molar-refractivity contribution in [2.45, 2.75) is 358 Å². The first-order valence-electron chi connectivity index (χ1n) is 46.5. The number of methoxy groups -OCH3 is 2. The van der Waals surface area contributed by atoms with Crippen molar-refractivity contribution < 1.29 is 133 Å². The maximum absolute atomic E-state index is 12.5. The van der Waals surface area contributed by atoms with Crippen LogP contribution in [0.15, 0.2) is 0 Å². The summed E-state index contributed by atoms with van der Waals surface area (Å²) in [6.07, 6.45) is 9.48. The Kier molecular flexibility index (Phi) is 47.3. The van der Waals surface area contributed by atoms with Gasteiger partial charge in [0.15, 0.2) is 0 Å². The highest BCUT2D eigenvalue weighted by atomic mass is 16.6. The molecule has 28 heteroatoms. The molecular weight excluding hydrogens is 1720 g/mol. The van der Waals surface area contributed by atoms with Crippen molar-refractivity contribution in [3.05, 3.63) is 0 Å². The molecule has 780 valence electrons. The van der Waals surface area contributed by atoms with Crippen molar-refractivity contribution in [3.63, 3.8) is 0 Å². The van der Waals surface area contributed by atoms with Gasteiger partial charge in [-0.25, -0.2) is 0 Å². The molecule has 6 aliphatic heterocycles. The summed E-state index contributed by atoms with van der Waals surface area (Å²) in [4.78, 5) is 144. The van der Waals surface area contributed by atoms with Gasteiger partial charge in [0.1, 0.15) is 36.6 Å². The van der Waals surface area contributed by atoms with Crippen LogP contribution in [0.4, 0.5) is 0 Å². The molecule has 0 aromatic heterocycles. The standard InChI is InChI=1S/C17H26O5.2C16H24O5.C15H22O5.2C15H22O4.12CH4/c1-5-17(3,4)16(19)22-14-9-7-10(13(14)20-6-2)12-11(9)8-21-15(12)18;1-5-16(2,3)15(18)21-13-8-6-9(12(13)19-4)11-10(8)7-20-14(11)17;1-4-8(3)15(17)21-14-9-6-10(13(14)19-5-2)12-11(9)7-20-16(12)18;1-4-7(2)14(16)20-13-8-5-9(12(13)18-3)11-10(8)6-19-15(11)17;1-4-15(2,3)14(17)19-11-6-8-5-9(11)12-10(8)7-18-13(12)16;1-4-7(2)14(16)19-13-8(3)9-5-10(13)11-6-18-15(17)12(9)11;;;;;;;;;;;;/h9-14H,5-8H2,1-4H3;8-13H,5-7H2,1-4H3;8-14H,4-7H2,1-3H3;7-13H,4-6H2,1-3H3;8-12H,4-7H2,1-3H3;7-13H,4-6H2,1-3H3;12*1H4. The summed E-state index contributed by atoms with van der Waals surface area (Å²) >= 11 is 0. The normalized spacial score (nSPS) is 38.0. The summed E-state index contributed by atoms with van der Waals surface area (Å²) in [6.45, 7) is 39.1. The van der Waals surface area contributed by atoms with Crippen molar-refractivity contribution in [2.24, 2.45) is 182 Å². The molecule has 134 heavy (non-hydrogen) atoms. The van der Waals surface area contributed by atoms with Gasteiger partial charge >= 0.3 is 71.6 Å². The Morgan fingerprint density at radius 3 is 0.821 bits per heavy atom. The van der Waals surface area contributed by atoms with Crippen LogP contribution in [0.3, 0.4) is 0 Å². The minimum Gasteiger partial charge on any atom is -0.465 e. The van der Waals surface area contributed by atoms with E-state index in [1.807, 2.05) is 118 Å². The van der Waals surface area contributed by atoms with Crippen LogP contribution in [0.1, 0.15) is 297 Å². The molecule has 6 saturated heterocycles. The summed E-state index contributed by atoms with van der Waals surface area (Å²) in [5.74, 6) is 2.66. The van der Waals surface area contributed by atoms with E-state index in [0.29, 0.717) is 76.5 Å². The molecule has 12 saturated carbocycles. The van der Waals surface area contributed by atoms with Crippen LogP contribution in [-0.4, -0.2) is 200 Å². The molecule has 0 spiro atoms. The molecule has 18 aliphatic rings. The molecule has 0 aromatic carbocycles. The van der Waals surface area contributed by atoms with E-state index in [1.165, 1.54) is 0 Å². The topological polar surface area (TPSA) is 353 Å². The molecule has 0 aromatic rings. The highest BCUT2D eigenvalue weighted by molar-refractivity contribution is 5.82. The molecule has 12 aliphatic carbocycles. The van der Waals surface area contributed by atoms with E-state index in [1.54, 1.807) is 14.2 Å². The third kappa shape index (κ3) is 23.0. The summed E-state index contributed by atoms with van der Waals surface area (Å²) in [6, 6.07) is 0. The van der Waals surface area contributed by atoms with Gasteiger partial charge in [0, 0.05) is 122 Å². The quantitative estimate of drug-likeness (QED) is 0.0640. The number of esters is 12. The molecule has 0 radical (unpaired) electrons. The van der Waals surface area contributed by atoms with Crippen molar-refractivity contribution in [1.82, 2.24) is 0 Å². The average molecular weight is 1910 g/mol. The van der Waals surface area contributed by atoms with Gasteiger partial charge in [-0.05, 0) is 157 Å². The fourth-order valence-corrected chi connectivity index (χ4v) is 24.9. The number of fused-ring (bicyclic) bond motifs is 30. The molecule has 18 rings (SSSR count). The van der Waals surface area contributed by atoms with Gasteiger partial charge in [-0.2, -0.15) is 0 Å². The zero-order valence-corrected chi connectivity index (χ0v) is 75.7. The molecular formula is C106H188O28. The van der Waals surface area contributed by atoms with Gasteiger partial charge in [0.2, 0.25) is 0 Å². The predicted octanol–water partition coefficient (Wildman–Crippen LogP) is 19.0. The van der Waals surface area contributed by atoms with Crippen LogP contribution in [0, 0.1) is 182 Å². The minimum absolute atomic E-state index is 0. The molecule has 0 amide bonds. The van der Waals surface area contributed by atoms with Gasteiger partial charge in [0.25, 0.3) is 0 Å². The first-order valence-corrected chi connectivity index (χ1v) is 46.5. The Morgan fingerprint density at radius 1 is 0.291 bits per heavy atom. The lowest BCUT2D eigenvalue weighted by molar-refractivity contribution is -0.177. The summed E-state index contributed by atoms with van der Waals surface area (Å²) in [5.41, 5.74) is -1.40. The van der Waals surface area contributed by atoms with Crippen molar-refractivity contribution in [3.8, 4) is 0 Å². The Bertz CT molecular complexity index is 3850. The van der Waals surface area contributed by atoms with E-state index in [-0.39, 0.29) is 364 Å². The van der Waals surface area contributed by atoms with Gasteiger partial charge in [-0.15, -0.1) is 0 Å². The van der Waals surface area contributed by atoms with Crippen LogP contribution in [-0.2, 0) is 133 Å². The summed E-state index contributed by atoms with van der Waals surface area (Å²) in [7, 11) is 3.26. The number of carbonyl (C=O) groups excluding carboxylic acids is 12. The van der Waals surface area contributed by atoms with E-state index in [0.717, 1.165) is 83.5 Å². The maximum Gasteiger partial charge on any atom is 0.311 e. The maximum atomic E-state index is 12.5. The summed E-state index contributed by atoms with van der Waals surface area (Å²) in [5, 5.41) is 0. The van der Waals surface area contributed by atoms with Crippen LogP contribution in [0.2, 0.25) is 0 Å². The zero-order valence-electron chi connectivity index (χ0n) is 75.7. The number of hydrogen-bond acceptors (Lipinski definition) is 28. The number of cyclic esters (lactones) is 6. The Morgan fingerprint density at radius 2 is 0.530 bits per heavy atom. The lowest BCUT2D eigenvalue weighted by Crippen LogP contribution is -2.47.